The van der Waals surface area contributed by atoms with Crippen LogP contribution < -0.4 is 4.90 Å². The van der Waals surface area contributed by atoms with Crippen LogP contribution in [0.4, 0.5) is 5.82 Å². The molecule has 0 aromatic carbocycles. The molecule has 8 heteroatoms. The first-order valence-electron chi connectivity index (χ1n) is 7.95. The maximum atomic E-state index is 12.2. The zero-order chi connectivity index (χ0) is 16.2. The minimum Gasteiger partial charge on any atom is -0.371 e. The number of rotatable bonds is 4. The average molecular weight is 355 g/mol. The van der Waals surface area contributed by atoms with E-state index < -0.39 is 14.6 Å². The number of sulfone groups is 1. The third-order valence-corrected chi connectivity index (χ3v) is 7.71. The number of morpholine rings is 1. The van der Waals surface area contributed by atoms with E-state index in [9.17, 15) is 8.42 Å². The summed E-state index contributed by atoms with van der Waals surface area (Å²) >= 11 is 1.46. The highest BCUT2D eigenvalue weighted by Gasteiger charge is 2.55. The molecule has 126 valence electrons. The highest BCUT2D eigenvalue weighted by molar-refractivity contribution is 7.98. The van der Waals surface area contributed by atoms with Gasteiger partial charge in [0.1, 0.15) is 10.6 Å². The first kappa shape index (κ1) is 15.7. The van der Waals surface area contributed by atoms with E-state index in [4.69, 9.17) is 4.74 Å². The predicted octanol–water partition coefficient (Wildman–Crippen LogP) is 1.60. The Morgan fingerprint density at radius 3 is 2.43 bits per heavy atom. The van der Waals surface area contributed by atoms with Crippen molar-refractivity contribution >= 4 is 27.4 Å². The van der Waals surface area contributed by atoms with Crippen LogP contribution in [0, 0.1) is 0 Å². The second kappa shape index (κ2) is 5.32. The summed E-state index contributed by atoms with van der Waals surface area (Å²) < 4.78 is 29.5. The third-order valence-electron chi connectivity index (χ3n) is 5.12. The van der Waals surface area contributed by atoms with Gasteiger partial charge in [0.15, 0.2) is 15.0 Å². The summed E-state index contributed by atoms with van der Waals surface area (Å²) in [7, 11) is -3.17. The summed E-state index contributed by atoms with van der Waals surface area (Å²) in [5.41, 5.74) is 0.660. The maximum absolute atomic E-state index is 12.2. The molecule has 2 aliphatic heterocycles. The van der Waals surface area contributed by atoms with Crippen molar-refractivity contribution < 1.29 is 13.2 Å². The predicted molar refractivity (Wildman–Crippen MR) is 89.7 cm³/mol. The SMILES string of the molecule is CSc1nc(N2C[C@H]3CC[C@@H](C2)O3)cc(C2(S(C)(=O)=O)CC2)n1. The summed E-state index contributed by atoms with van der Waals surface area (Å²) in [4.78, 5) is 11.4. The highest BCUT2D eigenvalue weighted by Crippen LogP contribution is 2.52. The Labute approximate surface area is 140 Å². The van der Waals surface area contributed by atoms with Crippen molar-refractivity contribution in [2.24, 2.45) is 0 Å². The van der Waals surface area contributed by atoms with E-state index in [2.05, 4.69) is 14.9 Å². The first-order chi connectivity index (χ1) is 10.9. The van der Waals surface area contributed by atoms with Gasteiger partial charge in [0, 0.05) is 25.4 Å². The summed E-state index contributed by atoms with van der Waals surface area (Å²) in [6.45, 7) is 1.65. The standard InChI is InChI=1S/C15H21N3O3S2/c1-22-14-16-12(15(5-6-15)23(2,19)20)7-13(17-14)18-8-10-3-4-11(9-18)21-10/h7,10-11H,3-6,8-9H2,1-2H3/t10-,11+. The molecule has 1 aliphatic carbocycles. The number of thioether (sulfide) groups is 1. The largest absolute Gasteiger partial charge is 0.371 e. The number of ether oxygens (including phenoxy) is 1. The molecule has 2 bridgehead atoms. The summed E-state index contributed by atoms with van der Waals surface area (Å²) in [5, 5.41) is 0.645. The van der Waals surface area contributed by atoms with Crippen LogP contribution in [0.25, 0.3) is 0 Å². The lowest BCUT2D eigenvalue weighted by atomic mass is 10.2. The van der Waals surface area contributed by atoms with Crippen LogP contribution in [0.5, 0.6) is 0 Å². The second-order valence-electron chi connectivity index (χ2n) is 6.73. The van der Waals surface area contributed by atoms with Gasteiger partial charge in [-0.05, 0) is 31.9 Å². The molecule has 0 amide bonds. The fraction of sp³-hybridized carbons (Fsp3) is 0.733. The van der Waals surface area contributed by atoms with Crippen molar-refractivity contribution in [2.45, 2.75) is 47.8 Å². The number of nitrogens with zero attached hydrogens (tertiary/aromatic N) is 3. The van der Waals surface area contributed by atoms with Crippen LogP contribution in [-0.4, -0.2) is 56.2 Å². The zero-order valence-corrected chi connectivity index (χ0v) is 15.0. The molecule has 6 nitrogen and oxygen atoms in total. The molecule has 0 unspecified atom stereocenters. The molecule has 2 saturated heterocycles. The fourth-order valence-electron chi connectivity index (χ4n) is 3.63. The van der Waals surface area contributed by atoms with Gasteiger partial charge in [0.2, 0.25) is 0 Å². The average Bonchev–Trinajstić information content (AvgIpc) is 3.28. The summed E-state index contributed by atoms with van der Waals surface area (Å²) in [6.07, 6.45) is 7.30. The number of aromatic nitrogens is 2. The van der Waals surface area contributed by atoms with E-state index >= 15 is 0 Å². The van der Waals surface area contributed by atoms with E-state index in [1.807, 2.05) is 12.3 Å². The number of anilines is 1. The van der Waals surface area contributed by atoms with Crippen molar-refractivity contribution in [3.63, 3.8) is 0 Å². The molecule has 23 heavy (non-hydrogen) atoms. The Morgan fingerprint density at radius 1 is 1.26 bits per heavy atom. The first-order valence-corrected chi connectivity index (χ1v) is 11.1. The number of hydrogen-bond donors (Lipinski definition) is 0. The smallest absolute Gasteiger partial charge is 0.189 e. The molecule has 0 N–H and O–H groups in total. The highest BCUT2D eigenvalue weighted by atomic mass is 32.2. The third kappa shape index (κ3) is 2.64. The lowest BCUT2D eigenvalue weighted by Crippen LogP contribution is -2.43. The minimum absolute atomic E-state index is 0.273. The number of fused-ring (bicyclic) bond motifs is 2. The van der Waals surface area contributed by atoms with Crippen molar-refractivity contribution in [3.05, 3.63) is 11.8 Å². The van der Waals surface area contributed by atoms with E-state index in [1.165, 1.54) is 18.0 Å². The fourth-order valence-corrected chi connectivity index (χ4v) is 5.33. The molecule has 1 saturated carbocycles. The Morgan fingerprint density at radius 2 is 1.91 bits per heavy atom. The van der Waals surface area contributed by atoms with Crippen LogP contribution in [0.3, 0.4) is 0 Å². The Balaban J connectivity index is 1.72. The van der Waals surface area contributed by atoms with Gasteiger partial charge in [0.05, 0.1) is 17.9 Å². The molecule has 0 radical (unpaired) electrons. The molecule has 3 heterocycles. The van der Waals surface area contributed by atoms with Crippen molar-refractivity contribution in [3.8, 4) is 0 Å². The van der Waals surface area contributed by atoms with E-state index in [1.54, 1.807) is 0 Å². The van der Waals surface area contributed by atoms with Crippen LogP contribution in [0.15, 0.2) is 11.2 Å². The lowest BCUT2D eigenvalue weighted by Gasteiger charge is -2.33. The Bertz CT molecular complexity index is 721. The topological polar surface area (TPSA) is 72.4 Å². The summed E-state index contributed by atoms with van der Waals surface area (Å²) in [5.74, 6) is 0.842. The molecule has 3 aliphatic rings. The molecule has 3 fully saturated rings. The Kier molecular flexibility index (Phi) is 3.62. The molecule has 4 rings (SSSR count). The van der Waals surface area contributed by atoms with E-state index in [0.717, 1.165) is 31.7 Å². The molecular formula is C15H21N3O3S2. The van der Waals surface area contributed by atoms with Crippen molar-refractivity contribution in [2.75, 3.05) is 30.5 Å². The zero-order valence-electron chi connectivity index (χ0n) is 13.4. The molecule has 1 aromatic rings. The minimum atomic E-state index is -3.17. The lowest BCUT2D eigenvalue weighted by molar-refractivity contribution is 0.0301. The van der Waals surface area contributed by atoms with Gasteiger partial charge in [-0.3, -0.25) is 0 Å². The van der Waals surface area contributed by atoms with Gasteiger partial charge in [-0.25, -0.2) is 18.4 Å². The van der Waals surface area contributed by atoms with Crippen molar-refractivity contribution in [1.29, 1.82) is 0 Å². The monoisotopic (exact) mass is 355 g/mol. The van der Waals surface area contributed by atoms with Gasteiger partial charge in [-0.2, -0.15) is 0 Å². The normalized spacial score (nSPS) is 28.9. The number of hydrogen-bond acceptors (Lipinski definition) is 7. The van der Waals surface area contributed by atoms with Crippen LogP contribution >= 0.6 is 11.8 Å². The van der Waals surface area contributed by atoms with Crippen LogP contribution in [0.2, 0.25) is 0 Å². The van der Waals surface area contributed by atoms with Crippen molar-refractivity contribution in [1.82, 2.24) is 9.97 Å². The maximum Gasteiger partial charge on any atom is 0.189 e. The van der Waals surface area contributed by atoms with Gasteiger partial charge in [-0.1, -0.05) is 11.8 Å². The molecule has 2 atom stereocenters. The quantitative estimate of drug-likeness (QED) is 0.600. The van der Waals surface area contributed by atoms with Crippen LogP contribution in [0.1, 0.15) is 31.4 Å². The van der Waals surface area contributed by atoms with E-state index in [-0.39, 0.29) is 12.2 Å². The summed E-state index contributed by atoms with van der Waals surface area (Å²) in [6, 6.07) is 1.89. The van der Waals surface area contributed by atoms with Gasteiger partial charge < -0.3 is 9.64 Å². The van der Waals surface area contributed by atoms with Gasteiger partial charge in [0.25, 0.3) is 0 Å². The second-order valence-corrected chi connectivity index (χ2v) is 9.83. The van der Waals surface area contributed by atoms with Gasteiger partial charge in [-0.15, -0.1) is 0 Å². The molecular weight excluding hydrogens is 334 g/mol. The van der Waals surface area contributed by atoms with Gasteiger partial charge >= 0.3 is 0 Å². The Hall–Kier alpha value is -0.860. The molecule has 1 aromatic heterocycles. The van der Waals surface area contributed by atoms with Crippen LogP contribution in [-0.2, 0) is 19.3 Å². The van der Waals surface area contributed by atoms with E-state index in [0.29, 0.717) is 23.7 Å². The molecule has 0 spiro atoms.